The van der Waals surface area contributed by atoms with Crippen molar-refractivity contribution in [2.75, 3.05) is 0 Å². The minimum Gasteiger partial charge on any atom is -0.328 e. The molecule has 0 fully saturated rings. The van der Waals surface area contributed by atoms with Crippen LogP contribution in [0.3, 0.4) is 0 Å². The minimum absolute atomic E-state index is 0.174. The Morgan fingerprint density at radius 1 is 1.67 bits per heavy atom. The summed E-state index contributed by atoms with van der Waals surface area (Å²) in [6.07, 6.45) is 4.16. The molecule has 0 saturated heterocycles. The fourth-order valence-corrected chi connectivity index (χ4v) is 1.37. The van der Waals surface area contributed by atoms with Crippen LogP contribution in [0.1, 0.15) is 32.0 Å². The van der Waals surface area contributed by atoms with Gasteiger partial charge in [-0.1, -0.05) is 0 Å². The average molecular weight is 210 g/mol. The first-order valence-corrected chi connectivity index (χ1v) is 5.19. The summed E-state index contributed by atoms with van der Waals surface area (Å²) >= 11 is 0. The van der Waals surface area contributed by atoms with E-state index in [4.69, 9.17) is 5.73 Å². The molecule has 0 bridgehead atoms. The summed E-state index contributed by atoms with van der Waals surface area (Å²) in [6.45, 7) is 1.95. The van der Waals surface area contributed by atoms with Crippen molar-refractivity contribution in [3.63, 3.8) is 0 Å². The third kappa shape index (κ3) is 4.20. The molecule has 2 N–H and O–H groups in total. The summed E-state index contributed by atoms with van der Waals surface area (Å²) in [5.74, 6) is 0.924. The second kappa shape index (κ2) is 5.60. The normalized spacial score (nSPS) is 12.7. The van der Waals surface area contributed by atoms with Crippen molar-refractivity contribution in [1.82, 2.24) is 14.8 Å². The molecule has 0 saturated carbocycles. The van der Waals surface area contributed by atoms with Crippen LogP contribution in [0.4, 0.5) is 0 Å². The van der Waals surface area contributed by atoms with Crippen LogP contribution in [0.25, 0.3) is 0 Å². The second-order valence-corrected chi connectivity index (χ2v) is 3.88. The Kier molecular flexibility index (Phi) is 4.42. The standard InChI is InChI=1S/C10H18N4O/c1-8(11)4-3-5-9(15)6-10-12-7-13-14(10)2/h7-8H,3-6,11H2,1-2H3. The van der Waals surface area contributed by atoms with Gasteiger partial charge in [0.25, 0.3) is 0 Å². The molecule has 1 aromatic heterocycles. The number of nitrogens with two attached hydrogens (primary N) is 1. The highest BCUT2D eigenvalue weighted by molar-refractivity contribution is 5.80. The first-order valence-electron chi connectivity index (χ1n) is 5.19. The largest absolute Gasteiger partial charge is 0.328 e. The Hall–Kier alpha value is -1.23. The molecule has 1 rings (SSSR count). The maximum absolute atomic E-state index is 11.5. The highest BCUT2D eigenvalue weighted by Gasteiger charge is 2.08. The predicted octanol–water partition coefficient (Wildman–Crippen LogP) is 0.444. The lowest BCUT2D eigenvalue weighted by atomic mass is 10.1. The topological polar surface area (TPSA) is 73.8 Å². The van der Waals surface area contributed by atoms with E-state index < -0.39 is 0 Å². The van der Waals surface area contributed by atoms with Gasteiger partial charge in [0.15, 0.2) is 0 Å². The Morgan fingerprint density at radius 3 is 2.93 bits per heavy atom. The van der Waals surface area contributed by atoms with Crippen LogP contribution in [0.2, 0.25) is 0 Å². The fourth-order valence-electron chi connectivity index (χ4n) is 1.37. The molecule has 1 atom stereocenters. The van der Waals surface area contributed by atoms with Crippen molar-refractivity contribution >= 4 is 5.78 Å². The summed E-state index contributed by atoms with van der Waals surface area (Å²) in [4.78, 5) is 15.5. The summed E-state index contributed by atoms with van der Waals surface area (Å²) in [7, 11) is 1.79. The molecule has 0 aliphatic carbocycles. The van der Waals surface area contributed by atoms with Crippen LogP contribution in [0, 0.1) is 0 Å². The van der Waals surface area contributed by atoms with Gasteiger partial charge in [-0.25, -0.2) is 4.98 Å². The maximum Gasteiger partial charge on any atom is 0.140 e. The third-order valence-corrected chi connectivity index (χ3v) is 2.28. The van der Waals surface area contributed by atoms with Crippen LogP contribution >= 0.6 is 0 Å². The number of aryl methyl sites for hydroxylation is 1. The van der Waals surface area contributed by atoms with Gasteiger partial charge in [-0.05, 0) is 19.8 Å². The summed E-state index contributed by atoms with van der Waals surface area (Å²) in [5.41, 5.74) is 5.60. The zero-order chi connectivity index (χ0) is 11.3. The number of carbonyl (C=O) groups excluding carboxylic acids is 1. The van der Waals surface area contributed by atoms with Gasteiger partial charge in [0.05, 0.1) is 6.42 Å². The lowest BCUT2D eigenvalue weighted by Crippen LogP contribution is -2.15. The first-order chi connectivity index (χ1) is 7.09. The molecule has 0 aromatic carbocycles. The molecular formula is C10H18N4O. The van der Waals surface area contributed by atoms with Gasteiger partial charge in [-0.15, -0.1) is 0 Å². The zero-order valence-corrected chi connectivity index (χ0v) is 9.31. The number of Topliss-reactive ketones (excluding diaryl/α,β-unsaturated/α-hetero) is 1. The molecule has 0 aliphatic heterocycles. The summed E-state index contributed by atoms with van der Waals surface area (Å²) in [6, 6.07) is 0.174. The van der Waals surface area contributed by atoms with E-state index in [9.17, 15) is 4.79 Å². The third-order valence-electron chi connectivity index (χ3n) is 2.28. The predicted molar refractivity (Wildman–Crippen MR) is 57.2 cm³/mol. The van der Waals surface area contributed by atoms with Gasteiger partial charge in [-0.3, -0.25) is 9.48 Å². The summed E-state index contributed by atoms with van der Waals surface area (Å²) in [5, 5.41) is 3.91. The van der Waals surface area contributed by atoms with Gasteiger partial charge in [0, 0.05) is 19.5 Å². The number of hydrogen-bond donors (Lipinski definition) is 1. The second-order valence-electron chi connectivity index (χ2n) is 3.88. The molecule has 0 aliphatic rings. The molecular weight excluding hydrogens is 192 g/mol. The number of carbonyl (C=O) groups is 1. The SMILES string of the molecule is CC(N)CCCC(=O)Cc1ncnn1C. The number of rotatable bonds is 6. The lowest BCUT2D eigenvalue weighted by Gasteiger charge is -2.03. The van der Waals surface area contributed by atoms with E-state index in [-0.39, 0.29) is 11.8 Å². The van der Waals surface area contributed by atoms with Gasteiger partial charge < -0.3 is 5.73 Å². The van der Waals surface area contributed by atoms with E-state index in [2.05, 4.69) is 10.1 Å². The lowest BCUT2D eigenvalue weighted by molar-refractivity contribution is -0.118. The van der Waals surface area contributed by atoms with Crippen LogP contribution in [0.5, 0.6) is 0 Å². The van der Waals surface area contributed by atoms with Crippen molar-refractivity contribution < 1.29 is 4.79 Å². The zero-order valence-electron chi connectivity index (χ0n) is 9.31. The maximum atomic E-state index is 11.5. The molecule has 0 radical (unpaired) electrons. The van der Waals surface area contributed by atoms with Gasteiger partial charge in [-0.2, -0.15) is 5.10 Å². The van der Waals surface area contributed by atoms with E-state index in [0.29, 0.717) is 12.8 Å². The monoisotopic (exact) mass is 210 g/mol. The van der Waals surface area contributed by atoms with E-state index in [1.165, 1.54) is 6.33 Å². The Balaban J connectivity index is 2.28. The summed E-state index contributed by atoms with van der Waals surface area (Å²) < 4.78 is 1.63. The van der Waals surface area contributed by atoms with Crippen LogP contribution in [-0.4, -0.2) is 26.6 Å². The smallest absolute Gasteiger partial charge is 0.140 e. The van der Waals surface area contributed by atoms with E-state index >= 15 is 0 Å². The van der Waals surface area contributed by atoms with Crippen LogP contribution < -0.4 is 5.73 Å². The molecule has 1 aromatic rings. The van der Waals surface area contributed by atoms with Crippen LogP contribution in [-0.2, 0) is 18.3 Å². The molecule has 0 amide bonds. The highest BCUT2D eigenvalue weighted by Crippen LogP contribution is 2.03. The highest BCUT2D eigenvalue weighted by atomic mass is 16.1. The van der Waals surface area contributed by atoms with Gasteiger partial charge in [0.1, 0.15) is 17.9 Å². The molecule has 5 nitrogen and oxygen atoms in total. The van der Waals surface area contributed by atoms with Crippen LogP contribution in [0.15, 0.2) is 6.33 Å². The van der Waals surface area contributed by atoms with E-state index in [1.54, 1.807) is 11.7 Å². The molecule has 5 heteroatoms. The number of ketones is 1. The van der Waals surface area contributed by atoms with Gasteiger partial charge in [0.2, 0.25) is 0 Å². The van der Waals surface area contributed by atoms with Crippen molar-refractivity contribution in [3.05, 3.63) is 12.2 Å². The quantitative estimate of drug-likeness (QED) is 0.739. The minimum atomic E-state index is 0.174. The average Bonchev–Trinajstić information content (AvgIpc) is 2.51. The Morgan fingerprint density at radius 2 is 2.40 bits per heavy atom. The van der Waals surface area contributed by atoms with Crippen molar-refractivity contribution in [3.8, 4) is 0 Å². The Labute approximate surface area is 89.7 Å². The van der Waals surface area contributed by atoms with E-state index in [0.717, 1.165) is 18.7 Å². The van der Waals surface area contributed by atoms with Crippen molar-refractivity contribution in [2.24, 2.45) is 12.8 Å². The van der Waals surface area contributed by atoms with E-state index in [1.807, 2.05) is 6.92 Å². The Bertz CT molecular complexity index is 319. The fraction of sp³-hybridized carbons (Fsp3) is 0.700. The van der Waals surface area contributed by atoms with Crippen molar-refractivity contribution in [2.45, 2.75) is 38.6 Å². The molecule has 0 spiro atoms. The molecule has 1 heterocycles. The van der Waals surface area contributed by atoms with Crippen molar-refractivity contribution in [1.29, 1.82) is 0 Å². The number of nitrogens with zero attached hydrogens (tertiary/aromatic N) is 3. The first kappa shape index (κ1) is 11.8. The molecule has 84 valence electrons. The number of aromatic nitrogens is 3. The molecule has 15 heavy (non-hydrogen) atoms. The molecule has 1 unspecified atom stereocenters. The van der Waals surface area contributed by atoms with Gasteiger partial charge >= 0.3 is 0 Å². The number of hydrogen-bond acceptors (Lipinski definition) is 4.